The smallest absolute Gasteiger partial charge is 0.230 e. The summed E-state index contributed by atoms with van der Waals surface area (Å²) in [5.74, 6) is 1.56. The minimum atomic E-state index is -0.0630. The summed E-state index contributed by atoms with van der Waals surface area (Å²) >= 11 is 15.1. The zero-order chi connectivity index (χ0) is 25.5. The Morgan fingerprint density at radius 1 is 1.19 bits per heavy atom. The molecule has 1 amide bonds. The van der Waals surface area contributed by atoms with Gasteiger partial charge in [0.25, 0.3) is 0 Å². The first-order valence-corrected chi connectivity index (χ1v) is 13.9. The van der Waals surface area contributed by atoms with Crippen molar-refractivity contribution >= 4 is 52.2 Å². The van der Waals surface area contributed by atoms with Gasteiger partial charge in [-0.3, -0.25) is 9.69 Å². The quantitative estimate of drug-likeness (QED) is 0.335. The maximum Gasteiger partial charge on any atom is 0.230 e. The lowest BCUT2D eigenvalue weighted by atomic mass is 10.1. The van der Waals surface area contributed by atoms with Crippen molar-refractivity contribution in [1.82, 2.24) is 15.2 Å². The lowest BCUT2D eigenvalue weighted by molar-refractivity contribution is -0.119. The second-order valence-corrected chi connectivity index (χ2v) is 11.0. The predicted molar refractivity (Wildman–Crippen MR) is 146 cm³/mol. The molecule has 11 heteroatoms. The van der Waals surface area contributed by atoms with Crippen LogP contribution in [0.2, 0.25) is 10.0 Å². The molecule has 1 aromatic heterocycles. The van der Waals surface area contributed by atoms with Crippen LogP contribution in [0.1, 0.15) is 5.56 Å². The first kappa shape index (κ1) is 27.0. The van der Waals surface area contributed by atoms with E-state index in [2.05, 4.69) is 15.2 Å². The number of hydrogen-bond acceptors (Lipinski definition) is 8. The van der Waals surface area contributed by atoms with E-state index in [1.165, 1.54) is 23.1 Å². The molecule has 0 aliphatic carbocycles. The van der Waals surface area contributed by atoms with Gasteiger partial charge in [0.15, 0.2) is 15.8 Å². The molecule has 1 saturated heterocycles. The number of halogens is 2. The summed E-state index contributed by atoms with van der Waals surface area (Å²) < 4.78 is 17.3. The van der Waals surface area contributed by atoms with Gasteiger partial charge >= 0.3 is 0 Å². The van der Waals surface area contributed by atoms with Crippen LogP contribution in [0.5, 0.6) is 11.5 Å². The molecule has 192 valence electrons. The number of ether oxygens (including phenoxy) is 3. The van der Waals surface area contributed by atoms with E-state index in [1.54, 1.807) is 14.2 Å². The zero-order valence-corrected chi connectivity index (χ0v) is 23.1. The molecule has 36 heavy (non-hydrogen) atoms. The van der Waals surface area contributed by atoms with Crippen molar-refractivity contribution < 1.29 is 19.0 Å². The molecule has 1 aliphatic rings. The Hall–Kier alpha value is -2.01. The fourth-order valence-electron chi connectivity index (χ4n) is 3.80. The maximum absolute atomic E-state index is 12.4. The molecule has 2 aromatic carbocycles. The number of amides is 1. The third-order valence-corrected chi connectivity index (χ3v) is 8.39. The largest absolute Gasteiger partial charge is 0.493 e. The predicted octanol–water partition coefficient (Wildman–Crippen LogP) is 5.24. The molecule has 0 saturated carbocycles. The molecular formula is C25H27Cl2N3O4S2. The topological polar surface area (TPSA) is 72.9 Å². The van der Waals surface area contributed by atoms with Crippen molar-refractivity contribution in [3.63, 3.8) is 0 Å². The molecule has 4 rings (SSSR count). The van der Waals surface area contributed by atoms with Crippen LogP contribution in [0, 0.1) is 0 Å². The Kier molecular flexibility index (Phi) is 9.75. The zero-order valence-electron chi connectivity index (χ0n) is 20.0. The maximum atomic E-state index is 12.4. The highest BCUT2D eigenvalue weighted by Gasteiger charge is 2.21. The van der Waals surface area contributed by atoms with Gasteiger partial charge in [0.1, 0.15) is 0 Å². The number of nitrogens with one attached hydrogen (secondary N) is 1. The molecule has 0 bridgehead atoms. The van der Waals surface area contributed by atoms with Gasteiger partial charge in [-0.1, -0.05) is 41.0 Å². The van der Waals surface area contributed by atoms with Crippen molar-refractivity contribution in [2.24, 2.45) is 0 Å². The summed E-state index contributed by atoms with van der Waals surface area (Å²) in [6.45, 7) is 3.40. The monoisotopic (exact) mass is 567 g/mol. The van der Waals surface area contributed by atoms with Crippen LogP contribution in [0.4, 0.5) is 0 Å². The Morgan fingerprint density at radius 2 is 2.03 bits per heavy atom. The van der Waals surface area contributed by atoms with Gasteiger partial charge in [-0.05, 0) is 35.9 Å². The van der Waals surface area contributed by atoms with Gasteiger partial charge in [0.05, 0.1) is 48.4 Å². The molecule has 7 nitrogen and oxygen atoms in total. The lowest BCUT2D eigenvalue weighted by Gasteiger charge is -2.33. The number of methoxy groups -OCH3 is 2. The van der Waals surface area contributed by atoms with Crippen molar-refractivity contribution in [2.75, 3.05) is 46.2 Å². The first-order chi connectivity index (χ1) is 17.4. The second kappa shape index (κ2) is 13.0. The standard InChI is InChI=1S/C25H27Cl2N3O4S2/c1-32-22-6-4-17(10-23(22)33-2)21-14-35-25(29-21)36-15-24(31)28-11-18-13-30(7-8-34-18)12-16-3-5-19(26)20(27)9-16/h3-6,9-10,14,18H,7-8,11-13,15H2,1-2H3,(H,28,31). The van der Waals surface area contributed by atoms with Crippen molar-refractivity contribution in [2.45, 2.75) is 17.0 Å². The van der Waals surface area contributed by atoms with Crippen molar-refractivity contribution in [3.05, 3.63) is 57.4 Å². The number of hydrogen-bond donors (Lipinski definition) is 1. The van der Waals surface area contributed by atoms with Crippen LogP contribution in [-0.2, 0) is 16.1 Å². The van der Waals surface area contributed by atoms with Gasteiger partial charge < -0.3 is 19.5 Å². The van der Waals surface area contributed by atoms with E-state index in [0.717, 1.165) is 40.8 Å². The van der Waals surface area contributed by atoms with E-state index in [1.807, 2.05) is 41.8 Å². The molecule has 0 spiro atoms. The fraction of sp³-hybridized carbons (Fsp3) is 0.360. The average Bonchev–Trinajstić information content (AvgIpc) is 3.37. The molecule has 1 unspecified atom stereocenters. The van der Waals surface area contributed by atoms with Gasteiger partial charge in [-0.15, -0.1) is 11.3 Å². The molecule has 2 heterocycles. The number of benzene rings is 2. The number of nitrogens with zero attached hydrogens (tertiary/aromatic N) is 2. The van der Waals surface area contributed by atoms with Crippen LogP contribution in [-0.4, -0.2) is 68.1 Å². The third-order valence-electron chi connectivity index (χ3n) is 5.63. The number of carbonyl (C=O) groups is 1. The van der Waals surface area contributed by atoms with Crippen LogP contribution in [0.25, 0.3) is 11.3 Å². The minimum Gasteiger partial charge on any atom is -0.493 e. The Morgan fingerprint density at radius 3 is 2.81 bits per heavy atom. The number of morpholine rings is 1. The van der Waals surface area contributed by atoms with Crippen LogP contribution in [0.15, 0.2) is 46.1 Å². The number of thioether (sulfide) groups is 1. The molecule has 0 radical (unpaired) electrons. The van der Waals surface area contributed by atoms with Crippen LogP contribution >= 0.6 is 46.3 Å². The van der Waals surface area contributed by atoms with E-state index in [-0.39, 0.29) is 12.0 Å². The second-order valence-electron chi connectivity index (χ2n) is 8.14. The number of aromatic nitrogens is 1. The Labute approximate surface area is 229 Å². The fourth-order valence-corrected chi connectivity index (χ4v) is 5.79. The van der Waals surface area contributed by atoms with E-state index < -0.39 is 0 Å². The van der Waals surface area contributed by atoms with Crippen molar-refractivity contribution in [1.29, 1.82) is 0 Å². The average molecular weight is 569 g/mol. The van der Waals surface area contributed by atoms with E-state index in [9.17, 15) is 4.79 Å². The summed E-state index contributed by atoms with van der Waals surface area (Å²) in [7, 11) is 3.21. The van der Waals surface area contributed by atoms with Gasteiger partial charge in [-0.2, -0.15) is 0 Å². The van der Waals surface area contributed by atoms with Crippen LogP contribution < -0.4 is 14.8 Å². The summed E-state index contributed by atoms with van der Waals surface area (Å²) in [6.07, 6.45) is -0.0630. The van der Waals surface area contributed by atoms with E-state index in [0.29, 0.717) is 40.4 Å². The molecule has 1 atom stereocenters. The first-order valence-electron chi connectivity index (χ1n) is 11.3. The highest BCUT2D eigenvalue weighted by atomic mass is 35.5. The van der Waals surface area contributed by atoms with Crippen molar-refractivity contribution in [3.8, 4) is 22.8 Å². The SMILES string of the molecule is COc1ccc(-c2csc(SCC(=O)NCC3CN(Cc4ccc(Cl)c(Cl)c4)CCO3)n2)cc1OC. The molecule has 1 aliphatic heterocycles. The van der Waals surface area contributed by atoms with E-state index >= 15 is 0 Å². The number of thiazole rings is 1. The minimum absolute atomic E-state index is 0.0481. The normalized spacial score (nSPS) is 16.1. The van der Waals surface area contributed by atoms with Gasteiger partial charge in [0.2, 0.25) is 5.91 Å². The van der Waals surface area contributed by atoms with Crippen LogP contribution in [0.3, 0.4) is 0 Å². The summed E-state index contributed by atoms with van der Waals surface area (Å²) in [4.78, 5) is 19.4. The summed E-state index contributed by atoms with van der Waals surface area (Å²) in [5, 5.41) is 6.07. The number of rotatable bonds is 10. The highest BCUT2D eigenvalue weighted by molar-refractivity contribution is 8.01. The highest BCUT2D eigenvalue weighted by Crippen LogP contribution is 2.34. The van der Waals surface area contributed by atoms with E-state index in [4.69, 9.17) is 37.4 Å². The summed E-state index contributed by atoms with van der Waals surface area (Å²) in [5.41, 5.74) is 2.86. The molecule has 1 N–H and O–H groups in total. The Balaban J connectivity index is 1.22. The van der Waals surface area contributed by atoms with Gasteiger partial charge in [-0.25, -0.2) is 4.98 Å². The lowest BCUT2D eigenvalue weighted by Crippen LogP contribution is -2.47. The summed E-state index contributed by atoms with van der Waals surface area (Å²) in [6, 6.07) is 11.4. The van der Waals surface area contributed by atoms with Gasteiger partial charge in [0, 0.05) is 37.1 Å². The molecule has 3 aromatic rings. The molecule has 1 fully saturated rings. The molecular weight excluding hydrogens is 541 g/mol. The third kappa shape index (κ3) is 7.27. The number of carbonyl (C=O) groups excluding carboxylic acids is 1. The Bertz CT molecular complexity index is 1190.